The minimum atomic E-state index is -0.658. The normalized spacial score (nSPS) is 24.1. The highest BCUT2D eigenvalue weighted by Crippen LogP contribution is 2.37. The van der Waals surface area contributed by atoms with Crippen LogP contribution < -0.4 is 5.73 Å². The maximum atomic E-state index is 14.1. The summed E-state index contributed by atoms with van der Waals surface area (Å²) in [5, 5.41) is 0. The number of amides is 1. The van der Waals surface area contributed by atoms with E-state index in [0.29, 0.717) is 12.8 Å². The van der Waals surface area contributed by atoms with Gasteiger partial charge in [0, 0.05) is 29.6 Å². The number of nitrogens with two attached hydrogens (primary N) is 1. The number of likely N-dealkylation sites (tertiary alicyclic amines) is 1. The summed E-state index contributed by atoms with van der Waals surface area (Å²) < 4.78 is 27.1. The predicted octanol–water partition coefficient (Wildman–Crippen LogP) is 2.75. The van der Waals surface area contributed by atoms with Gasteiger partial charge in [-0.2, -0.15) is 0 Å². The highest BCUT2D eigenvalue weighted by Gasteiger charge is 2.41. The zero-order chi connectivity index (χ0) is 15.1. The quantitative estimate of drug-likeness (QED) is 0.861. The molecule has 1 saturated heterocycles. The number of piperidine rings is 1. The van der Waals surface area contributed by atoms with Crippen molar-refractivity contribution in [2.75, 3.05) is 0 Å². The monoisotopic (exact) mass is 282 g/mol. The van der Waals surface area contributed by atoms with Crippen LogP contribution in [0.25, 0.3) is 0 Å². The number of benzene rings is 1. The molecular formula is C15H20F2N2O. The molecule has 0 aromatic heterocycles. The SMILES string of the molecule is CC(C)(C)N1C(=O)CCC(N)C1c1ccc(F)cc1F. The second-order valence-electron chi connectivity index (χ2n) is 6.25. The summed E-state index contributed by atoms with van der Waals surface area (Å²) in [6.45, 7) is 5.66. The van der Waals surface area contributed by atoms with Crippen LogP contribution in [0.5, 0.6) is 0 Å². The maximum absolute atomic E-state index is 14.1. The molecule has 110 valence electrons. The minimum Gasteiger partial charge on any atom is -0.329 e. The third-order valence-corrected chi connectivity index (χ3v) is 3.65. The van der Waals surface area contributed by atoms with Gasteiger partial charge in [-0.25, -0.2) is 8.78 Å². The van der Waals surface area contributed by atoms with E-state index in [1.54, 1.807) is 4.90 Å². The molecule has 20 heavy (non-hydrogen) atoms. The van der Waals surface area contributed by atoms with Crippen molar-refractivity contribution in [2.45, 2.75) is 51.2 Å². The number of rotatable bonds is 1. The van der Waals surface area contributed by atoms with Gasteiger partial charge in [-0.15, -0.1) is 0 Å². The van der Waals surface area contributed by atoms with Crippen molar-refractivity contribution in [1.29, 1.82) is 0 Å². The van der Waals surface area contributed by atoms with Gasteiger partial charge in [0.25, 0.3) is 0 Å². The Bertz CT molecular complexity index is 525. The van der Waals surface area contributed by atoms with E-state index in [9.17, 15) is 13.6 Å². The summed E-state index contributed by atoms with van der Waals surface area (Å²) in [4.78, 5) is 13.8. The molecule has 0 saturated carbocycles. The fourth-order valence-electron chi connectivity index (χ4n) is 2.82. The van der Waals surface area contributed by atoms with E-state index in [0.717, 1.165) is 6.07 Å². The molecule has 0 bridgehead atoms. The van der Waals surface area contributed by atoms with Gasteiger partial charge >= 0.3 is 0 Å². The van der Waals surface area contributed by atoms with Crippen LogP contribution in [-0.4, -0.2) is 22.4 Å². The van der Waals surface area contributed by atoms with E-state index < -0.39 is 23.2 Å². The summed E-state index contributed by atoms with van der Waals surface area (Å²) in [6, 6.07) is 2.50. The molecule has 1 aromatic rings. The lowest BCUT2D eigenvalue weighted by Gasteiger charge is -2.47. The number of halogens is 2. The molecule has 1 fully saturated rings. The number of hydrogen-bond donors (Lipinski definition) is 1. The Kier molecular flexibility index (Phi) is 3.82. The molecule has 1 aliphatic heterocycles. The Morgan fingerprint density at radius 3 is 2.50 bits per heavy atom. The Morgan fingerprint density at radius 2 is 1.95 bits per heavy atom. The van der Waals surface area contributed by atoms with Gasteiger partial charge in [-0.1, -0.05) is 6.07 Å². The van der Waals surface area contributed by atoms with Gasteiger partial charge in [-0.3, -0.25) is 4.79 Å². The highest BCUT2D eigenvalue weighted by atomic mass is 19.1. The second-order valence-corrected chi connectivity index (χ2v) is 6.25. The average molecular weight is 282 g/mol. The van der Waals surface area contributed by atoms with Crippen LogP contribution >= 0.6 is 0 Å². The van der Waals surface area contributed by atoms with Crippen molar-refractivity contribution in [3.05, 3.63) is 35.4 Å². The van der Waals surface area contributed by atoms with Crippen molar-refractivity contribution in [3.63, 3.8) is 0 Å². The second kappa shape index (κ2) is 5.13. The molecule has 0 spiro atoms. The van der Waals surface area contributed by atoms with Crippen molar-refractivity contribution >= 4 is 5.91 Å². The number of carbonyl (C=O) groups excluding carboxylic acids is 1. The van der Waals surface area contributed by atoms with Gasteiger partial charge in [0.2, 0.25) is 5.91 Å². The molecule has 2 N–H and O–H groups in total. The standard InChI is InChI=1S/C15H20F2N2O/c1-15(2,3)19-13(20)7-6-12(18)14(19)10-5-4-9(16)8-11(10)17/h4-5,8,12,14H,6-7,18H2,1-3H3. The van der Waals surface area contributed by atoms with E-state index in [1.807, 2.05) is 20.8 Å². The summed E-state index contributed by atoms with van der Waals surface area (Å²) >= 11 is 0. The third-order valence-electron chi connectivity index (χ3n) is 3.65. The zero-order valence-corrected chi connectivity index (χ0v) is 12.0. The molecule has 3 nitrogen and oxygen atoms in total. The van der Waals surface area contributed by atoms with Crippen molar-refractivity contribution in [3.8, 4) is 0 Å². The molecule has 1 aliphatic rings. The topological polar surface area (TPSA) is 46.3 Å². The van der Waals surface area contributed by atoms with E-state index in [2.05, 4.69) is 0 Å². The van der Waals surface area contributed by atoms with E-state index in [-0.39, 0.29) is 17.5 Å². The maximum Gasteiger partial charge on any atom is 0.223 e. The molecule has 2 atom stereocenters. The first-order valence-corrected chi connectivity index (χ1v) is 6.74. The lowest BCUT2D eigenvalue weighted by atomic mass is 9.86. The zero-order valence-electron chi connectivity index (χ0n) is 12.0. The molecule has 0 aliphatic carbocycles. The van der Waals surface area contributed by atoms with Gasteiger partial charge in [0.1, 0.15) is 11.6 Å². The van der Waals surface area contributed by atoms with E-state index in [1.165, 1.54) is 12.1 Å². The summed E-state index contributed by atoms with van der Waals surface area (Å²) in [5.41, 5.74) is 5.92. The lowest BCUT2D eigenvalue weighted by molar-refractivity contribution is -0.144. The van der Waals surface area contributed by atoms with E-state index >= 15 is 0 Å². The van der Waals surface area contributed by atoms with Crippen molar-refractivity contribution in [2.24, 2.45) is 5.73 Å². The third kappa shape index (κ3) is 2.68. The highest BCUT2D eigenvalue weighted by molar-refractivity contribution is 5.78. The Hall–Kier alpha value is -1.49. The average Bonchev–Trinajstić information content (AvgIpc) is 2.31. The van der Waals surface area contributed by atoms with Gasteiger partial charge in [0.15, 0.2) is 0 Å². The van der Waals surface area contributed by atoms with Crippen LogP contribution in [0.2, 0.25) is 0 Å². The Labute approximate surface area is 117 Å². The van der Waals surface area contributed by atoms with Crippen LogP contribution in [0.4, 0.5) is 8.78 Å². The van der Waals surface area contributed by atoms with Gasteiger partial charge < -0.3 is 10.6 Å². The smallest absolute Gasteiger partial charge is 0.223 e. The minimum absolute atomic E-state index is 0.0482. The summed E-state index contributed by atoms with van der Waals surface area (Å²) in [5.74, 6) is -1.34. The first-order valence-electron chi connectivity index (χ1n) is 6.74. The van der Waals surface area contributed by atoms with Crippen LogP contribution in [-0.2, 0) is 4.79 Å². The first-order chi connectivity index (χ1) is 9.21. The number of hydrogen-bond acceptors (Lipinski definition) is 2. The molecule has 0 radical (unpaired) electrons. The lowest BCUT2D eigenvalue weighted by Crippen LogP contribution is -2.56. The molecule has 5 heteroatoms. The molecule has 1 amide bonds. The van der Waals surface area contributed by atoms with Crippen LogP contribution in [0.3, 0.4) is 0 Å². The van der Waals surface area contributed by atoms with Crippen LogP contribution in [0.1, 0.15) is 45.2 Å². The van der Waals surface area contributed by atoms with Crippen molar-refractivity contribution < 1.29 is 13.6 Å². The first kappa shape index (κ1) is 14.9. The number of nitrogens with zero attached hydrogens (tertiary/aromatic N) is 1. The summed E-state index contributed by atoms with van der Waals surface area (Å²) in [7, 11) is 0. The Balaban J connectivity index is 2.50. The fraction of sp³-hybridized carbons (Fsp3) is 0.533. The van der Waals surface area contributed by atoms with Gasteiger partial charge in [-0.05, 0) is 33.3 Å². The molecule has 1 aromatic carbocycles. The number of carbonyl (C=O) groups is 1. The molecule has 1 heterocycles. The fourth-order valence-corrected chi connectivity index (χ4v) is 2.82. The predicted molar refractivity (Wildman–Crippen MR) is 72.9 cm³/mol. The largest absolute Gasteiger partial charge is 0.329 e. The molecular weight excluding hydrogens is 262 g/mol. The van der Waals surface area contributed by atoms with Crippen LogP contribution in [0, 0.1) is 11.6 Å². The van der Waals surface area contributed by atoms with Crippen LogP contribution in [0.15, 0.2) is 18.2 Å². The molecule has 2 rings (SSSR count). The van der Waals surface area contributed by atoms with Gasteiger partial charge in [0.05, 0.1) is 6.04 Å². The van der Waals surface area contributed by atoms with Crippen molar-refractivity contribution in [1.82, 2.24) is 4.90 Å². The summed E-state index contributed by atoms with van der Waals surface area (Å²) in [6.07, 6.45) is 0.866. The van der Waals surface area contributed by atoms with E-state index in [4.69, 9.17) is 5.73 Å². The Morgan fingerprint density at radius 1 is 1.30 bits per heavy atom. The molecule has 2 unspecified atom stereocenters.